The summed E-state index contributed by atoms with van der Waals surface area (Å²) in [6.45, 7) is 1.24. The van der Waals surface area contributed by atoms with Crippen LogP contribution < -0.4 is 24.3 Å². The highest BCUT2D eigenvalue weighted by Crippen LogP contribution is 2.38. The van der Waals surface area contributed by atoms with Crippen LogP contribution in [0.5, 0.6) is 23.0 Å². The molecule has 0 aliphatic carbocycles. The minimum Gasteiger partial charge on any atom is -0.494 e. The van der Waals surface area contributed by atoms with E-state index in [2.05, 4.69) is 5.32 Å². The molecule has 0 aliphatic heterocycles. The molecule has 6 heteroatoms. The fourth-order valence-corrected chi connectivity index (χ4v) is 2.65. The normalized spacial score (nSPS) is 10.2. The summed E-state index contributed by atoms with van der Waals surface area (Å²) in [5.41, 5.74) is 0.800. The summed E-state index contributed by atoms with van der Waals surface area (Å²) in [5, 5.41) is 2.93. The summed E-state index contributed by atoms with van der Waals surface area (Å²) in [7, 11) is 4.66. The summed E-state index contributed by atoms with van der Waals surface area (Å²) in [6, 6.07) is 13.3. The van der Waals surface area contributed by atoms with Crippen molar-refractivity contribution in [3.63, 3.8) is 0 Å². The molecule has 1 N–H and O–H groups in total. The van der Waals surface area contributed by atoms with Crippen molar-refractivity contribution < 1.29 is 23.7 Å². The molecule has 0 aliphatic rings. The van der Waals surface area contributed by atoms with Crippen molar-refractivity contribution in [1.82, 2.24) is 5.32 Å². The van der Waals surface area contributed by atoms with Gasteiger partial charge in [0.25, 0.3) is 0 Å². The first-order valence-corrected chi connectivity index (χ1v) is 8.91. The first-order chi connectivity index (χ1) is 13.2. The second-order valence-electron chi connectivity index (χ2n) is 5.93. The van der Waals surface area contributed by atoms with Gasteiger partial charge in [-0.2, -0.15) is 0 Å². The van der Waals surface area contributed by atoms with Crippen molar-refractivity contribution in [2.75, 3.05) is 34.5 Å². The van der Waals surface area contributed by atoms with Gasteiger partial charge in [0.15, 0.2) is 11.5 Å². The van der Waals surface area contributed by atoms with Crippen LogP contribution in [-0.2, 0) is 11.2 Å². The molecule has 6 nitrogen and oxygen atoms in total. The Hall–Kier alpha value is -2.89. The molecule has 0 bridgehead atoms. The number of ether oxygens (including phenoxy) is 4. The van der Waals surface area contributed by atoms with E-state index >= 15 is 0 Å². The molecule has 0 saturated heterocycles. The van der Waals surface area contributed by atoms with Crippen LogP contribution in [0.2, 0.25) is 0 Å². The van der Waals surface area contributed by atoms with Crippen LogP contribution in [0.3, 0.4) is 0 Å². The minimum absolute atomic E-state index is 0.0479. The van der Waals surface area contributed by atoms with Gasteiger partial charge in [-0.3, -0.25) is 4.79 Å². The van der Waals surface area contributed by atoms with Crippen LogP contribution in [0.15, 0.2) is 42.5 Å². The molecule has 0 aromatic heterocycles. The monoisotopic (exact) mass is 373 g/mol. The molecule has 0 radical (unpaired) electrons. The zero-order chi connectivity index (χ0) is 19.5. The molecular weight excluding hydrogens is 346 g/mol. The van der Waals surface area contributed by atoms with E-state index < -0.39 is 0 Å². The van der Waals surface area contributed by atoms with Crippen LogP contribution in [0, 0.1) is 0 Å². The third-order valence-corrected chi connectivity index (χ3v) is 3.99. The molecule has 27 heavy (non-hydrogen) atoms. The Morgan fingerprint density at radius 3 is 2.19 bits per heavy atom. The average Bonchev–Trinajstić information content (AvgIpc) is 2.70. The Kier molecular flexibility index (Phi) is 8.29. The number of carbonyl (C=O) groups is 1. The molecule has 1 amide bonds. The third-order valence-electron chi connectivity index (χ3n) is 3.99. The van der Waals surface area contributed by atoms with Gasteiger partial charge in [-0.05, 0) is 42.7 Å². The molecule has 2 aromatic rings. The third kappa shape index (κ3) is 6.40. The van der Waals surface area contributed by atoms with Gasteiger partial charge in [-0.25, -0.2) is 0 Å². The largest absolute Gasteiger partial charge is 0.494 e. The lowest BCUT2D eigenvalue weighted by molar-refractivity contribution is -0.120. The highest BCUT2D eigenvalue weighted by atomic mass is 16.5. The molecule has 0 heterocycles. The Morgan fingerprint density at radius 1 is 0.926 bits per heavy atom. The van der Waals surface area contributed by atoms with Crippen LogP contribution in [0.1, 0.15) is 18.4 Å². The lowest BCUT2D eigenvalue weighted by Gasteiger charge is -2.14. The number of carbonyl (C=O) groups excluding carboxylic acids is 1. The highest BCUT2D eigenvalue weighted by molar-refractivity contribution is 5.79. The number of nitrogens with one attached hydrogen (secondary N) is 1. The summed E-state index contributed by atoms with van der Waals surface area (Å²) in [5.74, 6) is 2.41. The van der Waals surface area contributed by atoms with Gasteiger partial charge < -0.3 is 24.3 Å². The Labute approximate surface area is 160 Å². The summed E-state index contributed by atoms with van der Waals surface area (Å²) in [4.78, 5) is 12.2. The summed E-state index contributed by atoms with van der Waals surface area (Å²) >= 11 is 0. The van der Waals surface area contributed by atoms with Crippen LogP contribution in [0.4, 0.5) is 0 Å². The Bertz CT molecular complexity index is 693. The maximum atomic E-state index is 12.2. The van der Waals surface area contributed by atoms with Gasteiger partial charge in [0.05, 0.1) is 34.4 Å². The minimum atomic E-state index is -0.0479. The van der Waals surface area contributed by atoms with Crippen LogP contribution in [0.25, 0.3) is 0 Å². The molecule has 0 fully saturated rings. The van der Waals surface area contributed by atoms with Crippen LogP contribution >= 0.6 is 0 Å². The molecule has 2 aromatic carbocycles. The summed E-state index contributed by atoms with van der Waals surface area (Å²) in [6.07, 6.45) is 1.98. The van der Waals surface area contributed by atoms with Crippen molar-refractivity contribution in [3.8, 4) is 23.0 Å². The van der Waals surface area contributed by atoms with Gasteiger partial charge in [0.1, 0.15) is 5.75 Å². The topological polar surface area (TPSA) is 66.0 Å². The predicted octanol–water partition coefficient (Wildman–Crippen LogP) is 3.23. The average molecular weight is 373 g/mol. The van der Waals surface area contributed by atoms with Crippen molar-refractivity contribution >= 4 is 5.91 Å². The zero-order valence-corrected chi connectivity index (χ0v) is 16.1. The maximum Gasteiger partial charge on any atom is 0.224 e. The number of unbranched alkanes of at least 4 members (excludes halogenated alkanes) is 1. The Balaban J connectivity index is 1.74. The standard InChI is InChI=1S/C21H27NO5/c1-24-18-13-16(14-19(25-2)21(18)26-3)15-20(23)22-11-7-8-12-27-17-9-5-4-6-10-17/h4-6,9-10,13-14H,7-8,11-12,15H2,1-3H3,(H,22,23). The molecular formula is C21H27NO5. The predicted molar refractivity (Wildman–Crippen MR) is 104 cm³/mol. The van der Waals surface area contributed by atoms with Crippen LogP contribution in [-0.4, -0.2) is 40.4 Å². The summed E-state index contributed by atoms with van der Waals surface area (Å²) < 4.78 is 21.5. The quantitative estimate of drug-likeness (QED) is 0.613. The van der Waals surface area contributed by atoms with E-state index in [-0.39, 0.29) is 12.3 Å². The van der Waals surface area contributed by atoms with Gasteiger partial charge in [0.2, 0.25) is 11.7 Å². The van der Waals surface area contributed by atoms with Crippen molar-refractivity contribution in [2.24, 2.45) is 0 Å². The first kappa shape index (κ1) is 20.4. The van der Waals surface area contributed by atoms with Gasteiger partial charge in [-0.1, -0.05) is 18.2 Å². The molecule has 0 saturated carbocycles. The van der Waals surface area contributed by atoms with Gasteiger partial charge >= 0.3 is 0 Å². The van der Waals surface area contributed by atoms with E-state index in [0.717, 1.165) is 24.2 Å². The van der Waals surface area contributed by atoms with Crippen molar-refractivity contribution in [3.05, 3.63) is 48.0 Å². The number of benzene rings is 2. The maximum absolute atomic E-state index is 12.2. The second kappa shape index (κ2) is 11.0. The molecule has 146 valence electrons. The fraction of sp³-hybridized carbons (Fsp3) is 0.381. The first-order valence-electron chi connectivity index (χ1n) is 8.91. The lowest BCUT2D eigenvalue weighted by Crippen LogP contribution is -2.26. The molecule has 2 rings (SSSR count). The number of hydrogen-bond acceptors (Lipinski definition) is 5. The SMILES string of the molecule is COc1cc(CC(=O)NCCCCOc2ccccc2)cc(OC)c1OC. The van der Waals surface area contributed by atoms with E-state index in [1.54, 1.807) is 33.5 Å². The number of hydrogen-bond donors (Lipinski definition) is 1. The van der Waals surface area contributed by atoms with E-state index in [0.29, 0.717) is 30.4 Å². The van der Waals surface area contributed by atoms with E-state index in [1.807, 2.05) is 30.3 Å². The molecule has 0 atom stereocenters. The number of methoxy groups -OCH3 is 3. The number of amides is 1. The highest BCUT2D eigenvalue weighted by Gasteiger charge is 2.14. The molecule has 0 unspecified atom stereocenters. The molecule has 0 spiro atoms. The van der Waals surface area contributed by atoms with E-state index in [9.17, 15) is 4.79 Å². The lowest BCUT2D eigenvalue weighted by atomic mass is 10.1. The fourth-order valence-electron chi connectivity index (χ4n) is 2.65. The number of rotatable bonds is 11. The number of para-hydroxylation sites is 1. The smallest absolute Gasteiger partial charge is 0.224 e. The zero-order valence-electron chi connectivity index (χ0n) is 16.1. The Morgan fingerprint density at radius 2 is 1.59 bits per heavy atom. The van der Waals surface area contributed by atoms with E-state index in [1.165, 1.54) is 0 Å². The van der Waals surface area contributed by atoms with Gasteiger partial charge in [0, 0.05) is 6.54 Å². The van der Waals surface area contributed by atoms with E-state index in [4.69, 9.17) is 18.9 Å². The van der Waals surface area contributed by atoms with Crippen molar-refractivity contribution in [2.45, 2.75) is 19.3 Å². The second-order valence-corrected chi connectivity index (χ2v) is 5.93. The van der Waals surface area contributed by atoms with Crippen molar-refractivity contribution in [1.29, 1.82) is 0 Å². The van der Waals surface area contributed by atoms with Gasteiger partial charge in [-0.15, -0.1) is 0 Å².